The fourth-order valence-electron chi connectivity index (χ4n) is 8.57. The molecule has 0 unspecified atom stereocenters. The Morgan fingerprint density at radius 1 is 0.589 bits per heavy atom. The minimum Gasteiger partial charge on any atom is -1.00 e. The summed E-state index contributed by atoms with van der Waals surface area (Å²) in [5.41, 5.74) is 17.7. The Balaban J connectivity index is 0.00000266. The molecule has 6 aromatic carbocycles. The first-order valence-electron chi connectivity index (χ1n) is 19.3. The molecule has 0 aliphatic heterocycles. The third kappa shape index (κ3) is 8.09. The molecule has 8 rings (SSSR count). The zero-order valence-corrected chi connectivity index (χ0v) is 38.1. The molecule has 0 atom stereocenters. The SMILES string of the molecule is Cc1ccc([C](c2cccc(Cl)c2)=[Zr+2]([c]2c3c(cc(C(C)(C)C)c2-c2ccccc2)-c2cc(C(C)(C)C)c(-c4ccccc4)cc2C3)[CH]2C=CC=C2)cc1.[Cl-].[Cl-]. The van der Waals surface area contributed by atoms with Crippen molar-refractivity contribution in [2.45, 2.75) is 69.3 Å². The average Bonchev–Trinajstić information content (AvgIpc) is 3.81. The smallest absolute Gasteiger partial charge is 1.00 e. The monoisotopic (exact) mass is 868 g/mol. The molecule has 6 aromatic rings. The molecule has 0 radical (unpaired) electrons. The van der Waals surface area contributed by atoms with Crippen molar-refractivity contribution in [1.29, 1.82) is 0 Å². The second kappa shape index (κ2) is 16.7. The van der Waals surface area contributed by atoms with Crippen molar-refractivity contribution in [2.24, 2.45) is 0 Å². The van der Waals surface area contributed by atoms with Crippen molar-refractivity contribution in [3.63, 3.8) is 0 Å². The molecule has 0 aromatic heterocycles. The van der Waals surface area contributed by atoms with Crippen LogP contribution in [-0.4, -0.2) is 3.21 Å². The molecule has 0 saturated carbocycles. The summed E-state index contributed by atoms with van der Waals surface area (Å²) in [6, 6.07) is 47.9. The quantitative estimate of drug-likeness (QED) is 0.162. The zero-order chi connectivity index (χ0) is 37.8. The molecule has 282 valence electrons. The molecule has 2 aliphatic carbocycles. The first kappa shape index (κ1) is 42.0. The molecule has 0 bridgehead atoms. The Labute approximate surface area is 359 Å². The Morgan fingerprint density at radius 2 is 1.18 bits per heavy atom. The second-order valence-electron chi connectivity index (χ2n) is 17.1. The Hall–Kier alpha value is -3.58. The Kier molecular flexibility index (Phi) is 12.6. The van der Waals surface area contributed by atoms with Crippen LogP contribution in [-0.2, 0) is 38.5 Å². The van der Waals surface area contributed by atoms with Crippen molar-refractivity contribution >= 4 is 18.1 Å². The van der Waals surface area contributed by atoms with Gasteiger partial charge in [0.2, 0.25) is 0 Å². The molecule has 56 heavy (non-hydrogen) atoms. The van der Waals surface area contributed by atoms with E-state index >= 15 is 0 Å². The number of fused-ring (bicyclic) bond motifs is 3. The van der Waals surface area contributed by atoms with E-state index < -0.39 is 21.3 Å². The van der Waals surface area contributed by atoms with Gasteiger partial charge in [-0.3, -0.25) is 0 Å². The molecule has 0 amide bonds. The van der Waals surface area contributed by atoms with Gasteiger partial charge in [-0.1, -0.05) is 0 Å². The van der Waals surface area contributed by atoms with Crippen LogP contribution < -0.4 is 28.1 Å². The number of hydrogen-bond donors (Lipinski definition) is 0. The second-order valence-corrected chi connectivity index (χ2v) is 23.7. The van der Waals surface area contributed by atoms with E-state index in [-0.39, 0.29) is 35.6 Å². The maximum atomic E-state index is 6.88. The van der Waals surface area contributed by atoms with Crippen LogP contribution in [0.1, 0.15) is 80.5 Å². The largest absolute Gasteiger partial charge is 1.00 e. The van der Waals surface area contributed by atoms with Crippen LogP contribution in [0.4, 0.5) is 0 Å². The number of allylic oxidation sites excluding steroid dienone is 4. The Bertz CT molecular complexity index is 2460. The third-order valence-electron chi connectivity index (χ3n) is 11.2. The van der Waals surface area contributed by atoms with Crippen LogP contribution in [0.15, 0.2) is 152 Å². The zero-order valence-electron chi connectivity index (χ0n) is 33.4. The van der Waals surface area contributed by atoms with Gasteiger partial charge >= 0.3 is 338 Å². The summed E-state index contributed by atoms with van der Waals surface area (Å²) < 4.78 is 3.47. The molecular formula is C52H49Cl3Zr. The van der Waals surface area contributed by atoms with Gasteiger partial charge in [0.15, 0.2) is 0 Å². The molecule has 0 nitrogen and oxygen atoms in total. The van der Waals surface area contributed by atoms with E-state index in [1.165, 1.54) is 75.5 Å². The van der Waals surface area contributed by atoms with E-state index in [0.29, 0.717) is 3.63 Å². The van der Waals surface area contributed by atoms with Gasteiger partial charge in [-0.2, -0.15) is 0 Å². The summed E-state index contributed by atoms with van der Waals surface area (Å²) in [5, 5.41) is 0.782. The molecule has 0 N–H and O–H groups in total. The molecule has 0 fully saturated rings. The fraction of sp³-hybridized carbons (Fsp3) is 0.212. The summed E-state index contributed by atoms with van der Waals surface area (Å²) in [4.78, 5) is 0. The number of halogens is 3. The van der Waals surface area contributed by atoms with Gasteiger partial charge < -0.3 is 24.8 Å². The summed E-state index contributed by atoms with van der Waals surface area (Å²) >= 11 is 3.80. The van der Waals surface area contributed by atoms with Gasteiger partial charge in [-0.05, 0) is 0 Å². The summed E-state index contributed by atoms with van der Waals surface area (Å²) in [5.74, 6) is 0. The third-order valence-corrected chi connectivity index (χ3v) is 19.4. The molecule has 4 heteroatoms. The van der Waals surface area contributed by atoms with E-state index in [1.54, 1.807) is 3.27 Å². The van der Waals surface area contributed by atoms with E-state index in [9.17, 15) is 0 Å². The van der Waals surface area contributed by atoms with E-state index in [0.717, 1.165) is 11.4 Å². The van der Waals surface area contributed by atoms with E-state index in [4.69, 9.17) is 11.6 Å². The molecular weight excluding hydrogens is 822 g/mol. The maximum Gasteiger partial charge on any atom is -1.00 e. The predicted molar refractivity (Wildman–Crippen MR) is 230 cm³/mol. The number of aryl methyl sites for hydroxylation is 1. The first-order chi connectivity index (χ1) is 25.9. The Morgan fingerprint density at radius 3 is 1.77 bits per heavy atom. The van der Waals surface area contributed by atoms with Gasteiger partial charge in [0.05, 0.1) is 0 Å². The van der Waals surface area contributed by atoms with Gasteiger partial charge in [0.25, 0.3) is 0 Å². The summed E-state index contributed by atoms with van der Waals surface area (Å²) in [6.07, 6.45) is 10.5. The molecule has 0 saturated heterocycles. The van der Waals surface area contributed by atoms with Gasteiger partial charge in [0, 0.05) is 0 Å². The van der Waals surface area contributed by atoms with Gasteiger partial charge in [0.1, 0.15) is 0 Å². The summed E-state index contributed by atoms with van der Waals surface area (Å²) in [7, 11) is 0. The number of rotatable bonds is 6. The normalized spacial score (nSPS) is 13.5. The topological polar surface area (TPSA) is 0 Å². The van der Waals surface area contributed by atoms with Crippen LogP contribution in [0.25, 0.3) is 33.4 Å². The van der Waals surface area contributed by atoms with Crippen LogP contribution in [0.5, 0.6) is 0 Å². The predicted octanol–water partition coefficient (Wildman–Crippen LogP) is 7.58. The minimum absolute atomic E-state index is 0. The standard InChI is InChI=1S/C33H33.C14H11Cl.C5H5.2ClH.Zr/c1-32(2,3)30-20-26-24(18-28(30)22-13-9-7-10-14-22)17-25-19-29(23-15-11-8-12-16-23)31(21-27(25)26)33(4,5)6;1-11-5-7-12(8-6-11)9-13-3-2-4-14(15)10-13;1-2-4-5-3-1;;;/h7-16,18,20-21H,17H2,1-6H3;2-8,10H,1H3;1-5H;2*1H;/q;;;;;+2/p-2. The first-order valence-corrected chi connectivity index (χ1v) is 23.6. The minimum atomic E-state index is -3.07. The average molecular weight is 872 g/mol. The van der Waals surface area contributed by atoms with Crippen molar-refractivity contribution in [3.05, 3.63) is 196 Å². The van der Waals surface area contributed by atoms with Gasteiger partial charge in [-0.15, -0.1) is 0 Å². The van der Waals surface area contributed by atoms with Gasteiger partial charge in [-0.25, -0.2) is 0 Å². The number of benzene rings is 6. The molecule has 0 heterocycles. The maximum absolute atomic E-state index is 6.88. The van der Waals surface area contributed by atoms with Crippen molar-refractivity contribution < 1.29 is 46.1 Å². The van der Waals surface area contributed by atoms with Crippen molar-refractivity contribution in [3.8, 4) is 33.4 Å². The van der Waals surface area contributed by atoms with Crippen LogP contribution in [0, 0.1) is 6.92 Å². The van der Waals surface area contributed by atoms with Crippen molar-refractivity contribution in [1.82, 2.24) is 0 Å². The van der Waals surface area contributed by atoms with E-state index in [2.05, 4.69) is 194 Å². The van der Waals surface area contributed by atoms with Crippen LogP contribution in [0.3, 0.4) is 0 Å². The fourth-order valence-corrected chi connectivity index (χ4v) is 17.5. The van der Waals surface area contributed by atoms with Crippen molar-refractivity contribution in [2.75, 3.05) is 0 Å². The molecule has 2 aliphatic rings. The molecule has 0 spiro atoms. The van der Waals surface area contributed by atoms with Crippen LogP contribution in [0.2, 0.25) is 8.65 Å². The van der Waals surface area contributed by atoms with E-state index in [1.807, 2.05) is 6.07 Å². The van der Waals surface area contributed by atoms with Crippen LogP contribution >= 0.6 is 11.6 Å². The summed E-state index contributed by atoms with van der Waals surface area (Å²) in [6.45, 7) is 16.5. The number of hydrogen-bond acceptors (Lipinski definition) is 0.